The second-order valence-electron chi connectivity index (χ2n) is 6.24. The van der Waals surface area contributed by atoms with Gasteiger partial charge in [0.1, 0.15) is 0 Å². The van der Waals surface area contributed by atoms with Gasteiger partial charge in [0.2, 0.25) is 0 Å². The van der Waals surface area contributed by atoms with E-state index in [1.807, 2.05) is 0 Å². The van der Waals surface area contributed by atoms with Crippen LogP contribution < -0.4 is 0 Å². The Balaban J connectivity index is 4.05. The third kappa shape index (κ3) is 11.3. The van der Waals surface area contributed by atoms with Crippen molar-refractivity contribution in [2.45, 2.75) is 85.0 Å². The third-order valence-electron chi connectivity index (χ3n) is 4.02. The van der Waals surface area contributed by atoms with Crippen molar-refractivity contribution < 1.29 is 19.1 Å². The zero-order valence-corrected chi connectivity index (χ0v) is 15.9. The van der Waals surface area contributed by atoms with Crippen molar-refractivity contribution in [3.63, 3.8) is 0 Å². The van der Waals surface area contributed by atoms with Crippen LogP contribution in [0.15, 0.2) is 12.2 Å². The molecule has 0 N–H and O–H groups in total. The molecule has 0 unspecified atom stereocenters. The molecule has 0 saturated heterocycles. The molecule has 0 atom stereocenters. The lowest BCUT2D eigenvalue weighted by Gasteiger charge is -2.15. The third-order valence-corrected chi connectivity index (χ3v) is 4.02. The SMILES string of the molecule is C=C(CCCCCCCCCC)CC(C(=O)OCC)C(=O)OCC. The molecular formula is C20H36O4. The summed E-state index contributed by atoms with van der Waals surface area (Å²) in [5.74, 6) is -1.88. The van der Waals surface area contributed by atoms with Gasteiger partial charge in [0.25, 0.3) is 0 Å². The largest absolute Gasteiger partial charge is 0.465 e. The maximum Gasteiger partial charge on any atom is 0.320 e. The van der Waals surface area contributed by atoms with Crippen LogP contribution in [0.1, 0.15) is 85.0 Å². The lowest BCUT2D eigenvalue weighted by molar-refractivity contribution is -0.161. The lowest BCUT2D eigenvalue weighted by atomic mass is 9.96. The zero-order chi connectivity index (χ0) is 18.2. The van der Waals surface area contributed by atoms with Crippen molar-refractivity contribution in [1.29, 1.82) is 0 Å². The van der Waals surface area contributed by atoms with E-state index in [4.69, 9.17) is 9.47 Å². The molecule has 4 nitrogen and oxygen atoms in total. The van der Waals surface area contributed by atoms with Crippen LogP contribution >= 0.6 is 0 Å². The fraction of sp³-hybridized carbons (Fsp3) is 0.800. The van der Waals surface area contributed by atoms with Crippen molar-refractivity contribution in [2.24, 2.45) is 5.92 Å². The Bertz CT molecular complexity index is 345. The van der Waals surface area contributed by atoms with Gasteiger partial charge in [-0.15, -0.1) is 0 Å². The quantitative estimate of drug-likeness (QED) is 0.178. The molecule has 0 saturated carbocycles. The number of esters is 2. The van der Waals surface area contributed by atoms with E-state index >= 15 is 0 Å². The van der Waals surface area contributed by atoms with E-state index in [-0.39, 0.29) is 13.2 Å². The molecule has 0 heterocycles. The molecule has 0 fully saturated rings. The fourth-order valence-corrected chi connectivity index (χ4v) is 2.65. The van der Waals surface area contributed by atoms with Crippen molar-refractivity contribution in [3.8, 4) is 0 Å². The number of hydrogen-bond acceptors (Lipinski definition) is 4. The first-order chi connectivity index (χ1) is 11.6. The van der Waals surface area contributed by atoms with E-state index in [9.17, 15) is 9.59 Å². The summed E-state index contributed by atoms with van der Waals surface area (Å²) in [6, 6.07) is 0. The van der Waals surface area contributed by atoms with E-state index in [1.54, 1.807) is 13.8 Å². The van der Waals surface area contributed by atoms with E-state index < -0.39 is 17.9 Å². The molecule has 0 aromatic carbocycles. The van der Waals surface area contributed by atoms with Crippen LogP contribution in [0, 0.1) is 5.92 Å². The second kappa shape index (κ2) is 15.2. The fourth-order valence-electron chi connectivity index (χ4n) is 2.65. The van der Waals surface area contributed by atoms with E-state index in [0.29, 0.717) is 6.42 Å². The smallest absolute Gasteiger partial charge is 0.320 e. The van der Waals surface area contributed by atoms with E-state index in [0.717, 1.165) is 18.4 Å². The number of hydrogen-bond donors (Lipinski definition) is 0. The molecule has 0 spiro atoms. The minimum atomic E-state index is -0.869. The minimum Gasteiger partial charge on any atom is -0.465 e. The molecule has 0 aromatic heterocycles. The zero-order valence-electron chi connectivity index (χ0n) is 15.9. The number of carbonyl (C=O) groups excluding carboxylic acids is 2. The first kappa shape index (κ1) is 22.7. The Kier molecular flexibility index (Phi) is 14.4. The van der Waals surface area contributed by atoms with Crippen molar-refractivity contribution in [1.82, 2.24) is 0 Å². The highest BCUT2D eigenvalue weighted by molar-refractivity contribution is 5.95. The molecule has 4 heteroatoms. The van der Waals surface area contributed by atoms with Crippen LogP contribution in [-0.4, -0.2) is 25.2 Å². The Labute approximate surface area is 148 Å². The van der Waals surface area contributed by atoms with Gasteiger partial charge in [0, 0.05) is 0 Å². The van der Waals surface area contributed by atoms with Crippen LogP contribution in [-0.2, 0) is 19.1 Å². The molecule has 0 bridgehead atoms. The molecule has 0 aliphatic heterocycles. The first-order valence-corrected chi connectivity index (χ1v) is 9.56. The van der Waals surface area contributed by atoms with E-state index in [2.05, 4.69) is 13.5 Å². The number of rotatable bonds is 15. The molecule has 0 radical (unpaired) electrons. The Morgan fingerprint density at radius 1 is 0.792 bits per heavy atom. The van der Waals surface area contributed by atoms with Gasteiger partial charge in [-0.25, -0.2) is 0 Å². The average Bonchev–Trinajstić information content (AvgIpc) is 2.55. The monoisotopic (exact) mass is 340 g/mol. The van der Waals surface area contributed by atoms with Crippen molar-refractivity contribution in [3.05, 3.63) is 12.2 Å². The number of unbranched alkanes of at least 4 members (excludes halogenated alkanes) is 7. The molecule has 0 aliphatic rings. The summed E-state index contributed by atoms with van der Waals surface area (Å²) < 4.78 is 9.96. The van der Waals surface area contributed by atoms with Gasteiger partial charge in [0.15, 0.2) is 5.92 Å². The number of ether oxygens (including phenoxy) is 2. The minimum absolute atomic E-state index is 0.263. The summed E-state index contributed by atoms with van der Waals surface area (Å²) in [4.78, 5) is 23.9. The number of allylic oxidation sites excluding steroid dienone is 1. The van der Waals surface area contributed by atoms with Gasteiger partial charge in [-0.3, -0.25) is 9.59 Å². The second-order valence-corrected chi connectivity index (χ2v) is 6.24. The van der Waals surface area contributed by atoms with Crippen LogP contribution in [0.25, 0.3) is 0 Å². The summed E-state index contributed by atoms with van der Waals surface area (Å²) in [5, 5.41) is 0. The Morgan fingerprint density at radius 2 is 1.25 bits per heavy atom. The van der Waals surface area contributed by atoms with Gasteiger partial charge < -0.3 is 9.47 Å². The Morgan fingerprint density at radius 3 is 1.71 bits per heavy atom. The highest BCUT2D eigenvalue weighted by Crippen LogP contribution is 2.20. The summed E-state index contributed by atoms with van der Waals surface area (Å²) in [6.07, 6.45) is 11.2. The predicted molar refractivity (Wildman–Crippen MR) is 97.7 cm³/mol. The van der Waals surface area contributed by atoms with Crippen LogP contribution in [0.5, 0.6) is 0 Å². The molecule has 0 rings (SSSR count). The molecule has 0 amide bonds. The van der Waals surface area contributed by atoms with Gasteiger partial charge >= 0.3 is 11.9 Å². The summed E-state index contributed by atoms with van der Waals surface area (Å²) in [7, 11) is 0. The Hall–Kier alpha value is -1.32. The van der Waals surface area contributed by atoms with Crippen LogP contribution in [0.2, 0.25) is 0 Å². The van der Waals surface area contributed by atoms with Crippen molar-refractivity contribution >= 4 is 11.9 Å². The summed E-state index contributed by atoms with van der Waals surface area (Å²) in [6.45, 7) is 10.2. The first-order valence-electron chi connectivity index (χ1n) is 9.56. The maximum atomic E-state index is 11.9. The van der Waals surface area contributed by atoms with Gasteiger partial charge in [0.05, 0.1) is 13.2 Å². The topological polar surface area (TPSA) is 52.6 Å². The predicted octanol–water partition coefficient (Wildman–Crippen LogP) is 5.21. The van der Waals surface area contributed by atoms with Crippen LogP contribution in [0.3, 0.4) is 0 Å². The standard InChI is InChI=1S/C20H36O4/c1-5-8-9-10-11-12-13-14-15-17(4)16-18(19(21)23-6-2)20(22)24-7-3/h18H,4-16H2,1-3H3. The normalized spacial score (nSPS) is 10.7. The molecule has 0 aromatic rings. The molecule has 0 aliphatic carbocycles. The van der Waals surface area contributed by atoms with Crippen molar-refractivity contribution in [2.75, 3.05) is 13.2 Å². The highest BCUT2D eigenvalue weighted by Gasteiger charge is 2.29. The van der Waals surface area contributed by atoms with Crippen LogP contribution in [0.4, 0.5) is 0 Å². The molecular weight excluding hydrogens is 304 g/mol. The average molecular weight is 341 g/mol. The molecule has 24 heavy (non-hydrogen) atoms. The number of carbonyl (C=O) groups is 2. The van der Waals surface area contributed by atoms with Gasteiger partial charge in [-0.2, -0.15) is 0 Å². The van der Waals surface area contributed by atoms with E-state index in [1.165, 1.54) is 44.9 Å². The summed E-state index contributed by atoms with van der Waals surface area (Å²) >= 11 is 0. The molecule has 140 valence electrons. The van der Waals surface area contributed by atoms with Gasteiger partial charge in [-0.05, 0) is 33.1 Å². The maximum absolute atomic E-state index is 11.9. The highest BCUT2D eigenvalue weighted by atomic mass is 16.6. The summed E-state index contributed by atoms with van der Waals surface area (Å²) in [5.41, 5.74) is 0.923. The van der Waals surface area contributed by atoms with Gasteiger partial charge in [-0.1, -0.05) is 64.0 Å². The lowest BCUT2D eigenvalue weighted by Crippen LogP contribution is -2.28.